The van der Waals surface area contributed by atoms with Gasteiger partial charge in [0, 0.05) is 6.04 Å². The van der Waals surface area contributed by atoms with Crippen LogP contribution in [0.1, 0.15) is 26.7 Å². The molecule has 1 nitrogen and oxygen atoms in total. The molecule has 0 aromatic heterocycles. The maximum absolute atomic E-state index is 5.17. The van der Waals surface area contributed by atoms with E-state index >= 15 is 0 Å². The molecule has 0 amide bonds. The minimum absolute atomic E-state index is 0.626. The van der Waals surface area contributed by atoms with Gasteiger partial charge >= 0.3 is 0 Å². The van der Waals surface area contributed by atoms with Crippen LogP contribution in [0.4, 0.5) is 0 Å². The van der Waals surface area contributed by atoms with E-state index in [1.807, 2.05) is 0 Å². The average Bonchev–Trinajstić information content (AvgIpc) is 1.89. The van der Waals surface area contributed by atoms with Gasteiger partial charge in [-0.05, 0) is 20.4 Å². The van der Waals surface area contributed by atoms with Crippen molar-refractivity contribution in [3.8, 4) is 12.3 Å². The molecule has 1 heteroatoms. The molecule has 0 unspecified atom stereocenters. The Labute approximate surface area is 64.4 Å². The molecule has 0 aliphatic carbocycles. The predicted molar refractivity (Wildman–Crippen MR) is 45.8 cm³/mol. The molecule has 0 aliphatic heterocycles. The van der Waals surface area contributed by atoms with Gasteiger partial charge < -0.3 is 0 Å². The summed E-state index contributed by atoms with van der Waals surface area (Å²) in [7, 11) is 2.07. The predicted octanol–water partition coefficient (Wildman–Crippen LogP) is 1.74. The van der Waals surface area contributed by atoms with E-state index in [0.717, 1.165) is 6.54 Å². The monoisotopic (exact) mass is 139 g/mol. The maximum atomic E-state index is 5.17. The summed E-state index contributed by atoms with van der Waals surface area (Å²) in [5, 5.41) is 0. The molecule has 1 atom stereocenters. The molecular formula is C9H17N. The SMILES string of the molecule is C#CCN(C)[C@H](C)CCC. The first kappa shape index (κ1) is 9.52. The number of hydrogen-bond donors (Lipinski definition) is 0. The molecule has 0 rings (SSSR count). The molecule has 0 heterocycles. The van der Waals surface area contributed by atoms with Crippen LogP contribution in [-0.4, -0.2) is 24.5 Å². The van der Waals surface area contributed by atoms with Crippen molar-refractivity contribution in [2.75, 3.05) is 13.6 Å². The average molecular weight is 139 g/mol. The summed E-state index contributed by atoms with van der Waals surface area (Å²) in [4.78, 5) is 2.20. The fourth-order valence-corrected chi connectivity index (χ4v) is 0.938. The minimum atomic E-state index is 0.626. The fourth-order valence-electron chi connectivity index (χ4n) is 0.938. The van der Waals surface area contributed by atoms with Crippen molar-refractivity contribution in [2.45, 2.75) is 32.7 Å². The third-order valence-electron chi connectivity index (χ3n) is 1.80. The van der Waals surface area contributed by atoms with Gasteiger partial charge in [-0.3, -0.25) is 4.90 Å². The number of nitrogens with zero attached hydrogens (tertiary/aromatic N) is 1. The summed E-state index contributed by atoms with van der Waals surface area (Å²) in [5.41, 5.74) is 0. The Bertz CT molecular complexity index is 112. The Morgan fingerprint density at radius 1 is 1.60 bits per heavy atom. The van der Waals surface area contributed by atoms with E-state index in [2.05, 4.69) is 31.7 Å². The summed E-state index contributed by atoms with van der Waals surface area (Å²) in [6, 6.07) is 0.626. The van der Waals surface area contributed by atoms with Crippen LogP contribution in [0.2, 0.25) is 0 Å². The molecule has 0 spiro atoms. The highest BCUT2D eigenvalue weighted by atomic mass is 15.1. The Hall–Kier alpha value is -0.480. The second-order valence-electron chi connectivity index (χ2n) is 2.76. The highest BCUT2D eigenvalue weighted by Gasteiger charge is 2.04. The minimum Gasteiger partial charge on any atom is -0.293 e. The molecule has 0 fully saturated rings. The van der Waals surface area contributed by atoms with Gasteiger partial charge in [-0.1, -0.05) is 19.3 Å². The molecule has 58 valence electrons. The zero-order valence-electron chi connectivity index (χ0n) is 7.22. The van der Waals surface area contributed by atoms with Gasteiger partial charge in [0.15, 0.2) is 0 Å². The van der Waals surface area contributed by atoms with Gasteiger partial charge in [-0.15, -0.1) is 6.42 Å². The molecular weight excluding hydrogens is 122 g/mol. The van der Waals surface area contributed by atoms with Gasteiger partial charge in [0.2, 0.25) is 0 Å². The van der Waals surface area contributed by atoms with Crippen LogP contribution in [0, 0.1) is 12.3 Å². The molecule has 0 aromatic carbocycles. The van der Waals surface area contributed by atoms with Crippen molar-refractivity contribution in [3.05, 3.63) is 0 Å². The quantitative estimate of drug-likeness (QED) is 0.536. The largest absolute Gasteiger partial charge is 0.293 e. The Kier molecular flexibility index (Phi) is 5.06. The van der Waals surface area contributed by atoms with Crippen molar-refractivity contribution >= 4 is 0 Å². The maximum Gasteiger partial charge on any atom is 0.0598 e. The normalized spacial score (nSPS) is 13.1. The molecule has 0 saturated heterocycles. The molecule has 0 radical (unpaired) electrons. The van der Waals surface area contributed by atoms with Crippen molar-refractivity contribution in [1.29, 1.82) is 0 Å². The number of hydrogen-bond acceptors (Lipinski definition) is 1. The number of terminal acetylenes is 1. The van der Waals surface area contributed by atoms with E-state index in [-0.39, 0.29) is 0 Å². The van der Waals surface area contributed by atoms with Crippen LogP contribution in [0.5, 0.6) is 0 Å². The van der Waals surface area contributed by atoms with Crippen molar-refractivity contribution in [3.63, 3.8) is 0 Å². The second kappa shape index (κ2) is 5.32. The lowest BCUT2D eigenvalue weighted by Gasteiger charge is -2.21. The van der Waals surface area contributed by atoms with Gasteiger partial charge in [-0.25, -0.2) is 0 Å². The van der Waals surface area contributed by atoms with Crippen LogP contribution in [0.25, 0.3) is 0 Å². The first-order chi connectivity index (χ1) is 4.72. The van der Waals surface area contributed by atoms with Crippen LogP contribution in [0.15, 0.2) is 0 Å². The van der Waals surface area contributed by atoms with Crippen molar-refractivity contribution < 1.29 is 0 Å². The van der Waals surface area contributed by atoms with Gasteiger partial charge in [-0.2, -0.15) is 0 Å². The van der Waals surface area contributed by atoms with E-state index in [1.165, 1.54) is 12.8 Å². The highest BCUT2D eigenvalue weighted by Crippen LogP contribution is 2.02. The van der Waals surface area contributed by atoms with E-state index < -0.39 is 0 Å². The van der Waals surface area contributed by atoms with Gasteiger partial charge in [0.25, 0.3) is 0 Å². The third-order valence-corrected chi connectivity index (χ3v) is 1.80. The van der Waals surface area contributed by atoms with Crippen molar-refractivity contribution in [1.82, 2.24) is 4.90 Å². The van der Waals surface area contributed by atoms with E-state index in [1.54, 1.807) is 0 Å². The Morgan fingerprint density at radius 3 is 2.60 bits per heavy atom. The summed E-state index contributed by atoms with van der Waals surface area (Å²) in [5.74, 6) is 2.63. The van der Waals surface area contributed by atoms with Gasteiger partial charge in [0.1, 0.15) is 0 Å². The molecule has 0 N–H and O–H groups in total. The molecule has 0 bridgehead atoms. The number of rotatable bonds is 4. The topological polar surface area (TPSA) is 3.24 Å². The summed E-state index contributed by atoms with van der Waals surface area (Å²) >= 11 is 0. The summed E-state index contributed by atoms with van der Waals surface area (Å²) in [6.07, 6.45) is 7.64. The van der Waals surface area contributed by atoms with Crippen LogP contribution < -0.4 is 0 Å². The summed E-state index contributed by atoms with van der Waals surface area (Å²) < 4.78 is 0. The second-order valence-corrected chi connectivity index (χ2v) is 2.76. The van der Waals surface area contributed by atoms with E-state index in [0.29, 0.717) is 6.04 Å². The molecule has 0 aliphatic rings. The molecule has 0 saturated carbocycles. The first-order valence-electron chi connectivity index (χ1n) is 3.86. The third kappa shape index (κ3) is 3.53. The Morgan fingerprint density at radius 2 is 2.20 bits per heavy atom. The summed E-state index contributed by atoms with van der Waals surface area (Å²) in [6.45, 7) is 5.17. The standard InChI is InChI=1S/C9H17N/c1-5-7-9(3)10(4)8-6-2/h2,9H,5,7-8H2,1,3-4H3/t9-/m1/s1. The lowest BCUT2D eigenvalue weighted by atomic mass is 10.2. The molecule has 0 aromatic rings. The Balaban J connectivity index is 3.50. The zero-order chi connectivity index (χ0) is 7.98. The first-order valence-corrected chi connectivity index (χ1v) is 3.86. The van der Waals surface area contributed by atoms with Crippen LogP contribution in [-0.2, 0) is 0 Å². The highest BCUT2D eigenvalue weighted by molar-refractivity contribution is 4.88. The zero-order valence-corrected chi connectivity index (χ0v) is 7.22. The lowest BCUT2D eigenvalue weighted by molar-refractivity contribution is 0.273. The van der Waals surface area contributed by atoms with E-state index in [4.69, 9.17) is 6.42 Å². The lowest BCUT2D eigenvalue weighted by Crippen LogP contribution is -2.28. The van der Waals surface area contributed by atoms with Crippen molar-refractivity contribution in [2.24, 2.45) is 0 Å². The van der Waals surface area contributed by atoms with Crippen LogP contribution >= 0.6 is 0 Å². The van der Waals surface area contributed by atoms with E-state index in [9.17, 15) is 0 Å². The van der Waals surface area contributed by atoms with Gasteiger partial charge in [0.05, 0.1) is 6.54 Å². The van der Waals surface area contributed by atoms with Crippen LogP contribution in [0.3, 0.4) is 0 Å². The smallest absolute Gasteiger partial charge is 0.0598 e. The fraction of sp³-hybridized carbons (Fsp3) is 0.778. The molecule has 10 heavy (non-hydrogen) atoms.